The van der Waals surface area contributed by atoms with E-state index >= 15 is 0 Å². The Labute approximate surface area is 115 Å². The smallest absolute Gasteiger partial charge is 0.322 e. The zero-order chi connectivity index (χ0) is 13.8. The number of hydrogen-bond acceptors (Lipinski definition) is 2. The normalized spacial score (nSPS) is 23.2. The number of urea groups is 1. The van der Waals surface area contributed by atoms with Gasteiger partial charge in [0.2, 0.25) is 0 Å². The van der Waals surface area contributed by atoms with E-state index < -0.39 is 0 Å². The highest BCUT2D eigenvalue weighted by Gasteiger charge is 2.28. The molecule has 2 unspecified atom stereocenters. The minimum Gasteiger partial charge on any atom is -0.330 e. The minimum absolute atomic E-state index is 0.0190. The Morgan fingerprint density at radius 2 is 2.05 bits per heavy atom. The topological polar surface area (TPSA) is 58.4 Å². The molecule has 1 aromatic carbocycles. The van der Waals surface area contributed by atoms with Gasteiger partial charge in [-0.2, -0.15) is 0 Å². The number of hydrogen-bond donors (Lipinski definition) is 2. The summed E-state index contributed by atoms with van der Waals surface area (Å²) in [6.45, 7) is 5.54. The van der Waals surface area contributed by atoms with E-state index in [-0.39, 0.29) is 12.1 Å². The van der Waals surface area contributed by atoms with Crippen LogP contribution in [-0.2, 0) is 0 Å². The zero-order valence-electron chi connectivity index (χ0n) is 11.7. The van der Waals surface area contributed by atoms with Gasteiger partial charge in [-0.15, -0.1) is 0 Å². The molecule has 19 heavy (non-hydrogen) atoms. The van der Waals surface area contributed by atoms with Crippen molar-refractivity contribution in [1.82, 2.24) is 4.90 Å². The van der Waals surface area contributed by atoms with Crippen LogP contribution in [0.3, 0.4) is 0 Å². The van der Waals surface area contributed by atoms with Gasteiger partial charge in [0.25, 0.3) is 0 Å². The summed E-state index contributed by atoms with van der Waals surface area (Å²) in [5.41, 5.74) is 7.75. The molecular weight excluding hydrogens is 238 g/mol. The van der Waals surface area contributed by atoms with Crippen LogP contribution in [0.1, 0.15) is 25.3 Å². The van der Waals surface area contributed by atoms with Crippen molar-refractivity contribution in [2.75, 3.05) is 18.4 Å². The van der Waals surface area contributed by atoms with E-state index in [1.54, 1.807) is 0 Å². The Balaban J connectivity index is 2.00. The van der Waals surface area contributed by atoms with Crippen molar-refractivity contribution in [3.63, 3.8) is 0 Å². The van der Waals surface area contributed by atoms with Crippen molar-refractivity contribution in [3.8, 4) is 0 Å². The fourth-order valence-electron chi connectivity index (χ4n) is 2.49. The number of carbonyl (C=O) groups excluding carboxylic acids is 1. The molecule has 1 aliphatic heterocycles. The van der Waals surface area contributed by atoms with E-state index in [0.29, 0.717) is 12.5 Å². The molecule has 3 N–H and O–H groups in total. The Morgan fingerprint density at radius 3 is 2.68 bits per heavy atom. The quantitative estimate of drug-likeness (QED) is 0.859. The van der Waals surface area contributed by atoms with Crippen LogP contribution in [0.2, 0.25) is 0 Å². The van der Waals surface area contributed by atoms with Gasteiger partial charge in [0.15, 0.2) is 0 Å². The third-order valence-corrected chi connectivity index (χ3v) is 3.88. The highest BCUT2D eigenvalue weighted by molar-refractivity contribution is 5.89. The SMILES string of the molecule is Cc1ccc(NC(=O)N2CC(CN)CCC2C)cc1. The van der Waals surface area contributed by atoms with E-state index in [1.807, 2.05) is 36.1 Å². The third-order valence-electron chi connectivity index (χ3n) is 3.88. The van der Waals surface area contributed by atoms with Crippen molar-refractivity contribution in [2.45, 2.75) is 32.7 Å². The molecule has 2 rings (SSSR count). The molecule has 104 valence electrons. The van der Waals surface area contributed by atoms with Gasteiger partial charge in [-0.3, -0.25) is 0 Å². The van der Waals surface area contributed by atoms with Crippen LogP contribution in [0, 0.1) is 12.8 Å². The first kappa shape index (κ1) is 13.9. The largest absolute Gasteiger partial charge is 0.330 e. The molecular formula is C15H23N3O. The van der Waals surface area contributed by atoms with Crippen molar-refractivity contribution in [1.29, 1.82) is 0 Å². The molecule has 0 radical (unpaired) electrons. The summed E-state index contributed by atoms with van der Waals surface area (Å²) in [6, 6.07) is 8.13. The second kappa shape index (κ2) is 6.06. The van der Waals surface area contributed by atoms with Crippen molar-refractivity contribution in [3.05, 3.63) is 29.8 Å². The first-order valence-electron chi connectivity index (χ1n) is 6.94. The molecule has 0 aliphatic carbocycles. The molecule has 1 fully saturated rings. The average molecular weight is 261 g/mol. The van der Waals surface area contributed by atoms with Gasteiger partial charge in [-0.25, -0.2) is 4.79 Å². The fourth-order valence-corrected chi connectivity index (χ4v) is 2.49. The van der Waals surface area contributed by atoms with Crippen molar-refractivity contribution >= 4 is 11.7 Å². The van der Waals surface area contributed by atoms with E-state index in [1.165, 1.54) is 5.56 Å². The average Bonchev–Trinajstić information content (AvgIpc) is 2.42. The number of nitrogens with two attached hydrogens (primary N) is 1. The maximum Gasteiger partial charge on any atom is 0.322 e. The molecule has 4 nitrogen and oxygen atoms in total. The van der Waals surface area contributed by atoms with E-state index in [0.717, 1.165) is 25.1 Å². The minimum atomic E-state index is -0.0190. The van der Waals surface area contributed by atoms with E-state index in [9.17, 15) is 4.79 Å². The monoisotopic (exact) mass is 261 g/mol. The number of rotatable bonds is 2. The number of benzene rings is 1. The number of carbonyl (C=O) groups is 1. The molecule has 1 aliphatic rings. The lowest BCUT2D eigenvalue weighted by Gasteiger charge is -2.37. The van der Waals surface area contributed by atoms with Gasteiger partial charge in [0, 0.05) is 18.3 Å². The summed E-state index contributed by atoms with van der Waals surface area (Å²) >= 11 is 0. The van der Waals surface area contributed by atoms with Crippen LogP contribution in [0.4, 0.5) is 10.5 Å². The summed E-state index contributed by atoms with van der Waals surface area (Å²) in [6.07, 6.45) is 2.15. The van der Waals surface area contributed by atoms with Crippen LogP contribution in [0.5, 0.6) is 0 Å². The van der Waals surface area contributed by atoms with Crippen LogP contribution < -0.4 is 11.1 Å². The van der Waals surface area contributed by atoms with Crippen LogP contribution in [0.15, 0.2) is 24.3 Å². The molecule has 0 aromatic heterocycles. The first-order chi connectivity index (χ1) is 9.10. The molecule has 0 spiro atoms. The Morgan fingerprint density at radius 1 is 1.37 bits per heavy atom. The maximum atomic E-state index is 12.3. The molecule has 1 aromatic rings. The standard InChI is InChI=1S/C15H23N3O/c1-11-3-7-14(8-4-11)17-15(19)18-10-13(9-16)6-5-12(18)2/h3-4,7-8,12-13H,5-6,9-10,16H2,1-2H3,(H,17,19). The molecule has 1 saturated heterocycles. The number of nitrogens with one attached hydrogen (secondary N) is 1. The lowest BCUT2D eigenvalue weighted by atomic mass is 9.94. The number of amides is 2. The molecule has 4 heteroatoms. The predicted octanol–water partition coefficient (Wildman–Crippen LogP) is 2.59. The van der Waals surface area contributed by atoms with E-state index in [4.69, 9.17) is 5.73 Å². The zero-order valence-corrected chi connectivity index (χ0v) is 11.7. The molecule has 1 heterocycles. The number of aryl methyl sites for hydroxylation is 1. The van der Waals surface area contributed by atoms with Gasteiger partial charge in [-0.1, -0.05) is 17.7 Å². The number of likely N-dealkylation sites (tertiary alicyclic amines) is 1. The predicted molar refractivity (Wildman–Crippen MR) is 78.1 cm³/mol. The highest BCUT2D eigenvalue weighted by Crippen LogP contribution is 2.22. The first-order valence-corrected chi connectivity index (χ1v) is 6.94. The van der Waals surface area contributed by atoms with Gasteiger partial charge >= 0.3 is 6.03 Å². The van der Waals surface area contributed by atoms with Gasteiger partial charge < -0.3 is 16.0 Å². The Hall–Kier alpha value is -1.55. The van der Waals surface area contributed by atoms with Crippen molar-refractivity contribution < 1.29 is 4.79 Å². The van der Waals surface area contributed by atoms with Crippen LogP contribution in [-0.4, -0.2) is 30.1 Å². The molecule has 2 amide bonds. The Bertz CT molecular complexity index is 430. The second-order valence-corrected chi connectivity index (χ2v) is 5.48. The number of piperidine rings is 1. The fraction of sp³-hybridized carbons (Fsp3) is 0.533. The molecule has 0 saturated carbocycles. The second-order valence-electron chi connectivity index (χ2n) is 5.48. The summed E-state index contributed by atoms with van der Waals surface area (Å²) in [7, 11) is 0. The summed E-state index contributed by atoms with van der Waals surface area (Å²) in [5, 5.41) is 2.96. The number of nitrogens with zero attached hydrogens (tertiary/aromatic N) is 1. The van der Waals surface area contributed by atoms with Gasteiger partial charge in [-0.05, 0) is 51.3 Å². The lowest BCUT2D eigenvalue weighted by molar-refractivity contribution is 0.144. The maximum absolute atomic E-state index is 12.3. The summed E-state index contributed by atoms with van der Waals surface area (Å²) in [5.74, 6) is 0.431. The molecule has 2 atom stereocenters. The van der Waals surface area contributed by atoms with Gasteiger partial charge in [0.1, 0.15) is 0 Å². The third kappa shape index (κ3) is 3.47. The van der Waals surface area contributed by atoms with Gasteiger partial charge in [0.05, 0.1) is 0 Å². The number of anilines is 1. The highest BCUT2D eigenvalue weighted by atomic mass is 16.2. The Kier molecular flexibility index (Phi) is 4.43. The summed E-state index contributed by atoms with van der Waals surface area (Å²) < 4.78 is 0. The van der Waals surface area contributed by atoms with Crippen LogP contribution in [0.25, 0.3) is 0 Å². The van der Waals surface area contributed by atoms with Crippen LogP contribution >= 0.6 is 0 Å². The summed E-state index contributed by atoms with van der Waals surface area (Å²) in [4.78, 5) is 14.2. The lowest BCUT2D eigenvalue weighted by Crippen LogP contribution is -2.48. The molecule has 0 bridgehead atoms. The van der Waals surface area contributed by atoms with Crippen molar-refractivity contribution in [2.24, 2.45) is 11.7 Å². The van der Waals surface area contributed by atoms with E-state index in [2.05, 4.69) is 12.2 Å².